The summed E-state index contributed by atoms with van der Waals surface area (Å²) in [6.45, 7) is 0. The molecular weight excluding hydrogens is 129 g/mol. The van der Waals surface area contributed by atoms with Gasteiger partial charge in [0.2, 0.25) is 0 Å². The van der Waals surface area contributed by atoms with E-state index in [0.29, 0.717) is 0 Å². The van der Waals surface area contributed by atoms with Crippen molar-refractivity contribution in [2.75, 3.05) is 0 Å². The Labute approximate surface area is 75.4 Å². The van der Waals surface area contributed by atoms with Crippen molar-refractivity contribution in [3.05, 3.63) is 29.0 Å². The number of pyridine rings is 1. The normalized spacial score (nSPS) is 7.50. The molecule has 1 aromatic rings. The van der Waals surface area contributed by atoms with Crippen molar-refractivity contribution < 1.29 is 29.6 Å². The van der Waals surface area contributed by atoms with Gasteiger partial charge in [-0.2, -0.15) is 0 Å². The molecule has 0 unspecified atom stereocenters. The molecule has 0 aliphatic rings. The first-order valence-electron chi connectivity index (χ1n) is 2.03. The number of aromatic amines is 1. The van der Waals surface area contributed by atoms with Crippen LogP contribution in [-0.4, -0.2) is 4.98 Å². The molecule has 1 nitrogen and oxygen atoms in total. The summed E-state index contributed by atoms with van der Waals surface area (Å²) in [5.74, 6) is 0. The van der Waals surface area contributed by atoms with Crippen molar-refractivity contribution in [2.45, 2.75) is 0 Å². The molecule has 0 fully saturated rings. The average molecular weight is 134 g/mol. The molecule has 0 spiro atoms. The molecule has 1 aromatic heterocycles. The summed E-state index contributed by atoms with van der Waals surface area (Å²) in [5.41, 5.74) is 0. The summed E-state index contributed by atoms with van der Waals surface area (Å²) in [7, 11) is 0. The number of hydrogen-bond donors (Lipinski definition) is 1. The van der Waals surface area contributed by atoms with Crippen molar-refractivity contribution in [2.24, 2.45) is 0 Å². The summed E-state index contributed by atoms with van der Waals surface area (Å²) >= 11 is 4.79. The Hall–Kier alpha value is 0.370. The predicted octanol–water partition coefficient (Wildman–Crippen LogP) is -1.25. The van der Waals surface area contributed by atoms with Gasteiger partial charge in [0.05, 0.1) is 0 Å². The number of rotatable bonds is 0. The molecule has 1 N–H and O–H groups in total. The zero-order chi connectivity index (χ0) is 5.11. The van der Waals surface area contributed by atoms with E-state index in [1.807, 2.05) is 24.5 Å². The molecule has 0 saturated carbocycles. The van der Waals surface area contributed by atoms with Crippen LogP contribution >= 0.6 is 12.2 Å². The van der Waals surface area contributed by atoms with Crippen molar-refractivity contribution in [1.82, 2.24) is 4.98 Å². The number of H-pyrrole nitrogens is 1. The molecule has 0 aliphatic carbocycles. The first-order chi connectivity index (χ1) is 3.39. The maximum absolute atomic E-state index is 4.79. The van der Waals surface area contributed by atoms with Crippen LogP contribution in [0.15, 0.2) is 24.5 Å². The van der Waals surface area contributed by atoms with Gasteiger partial charge in [-0.3, -0.25) is 0 Å². The first kappa shape index (κ1) is 8.37. The first-order valence-corrected chi connectivity index (χ1v) is 2.43. The Morgan fingerprint density at radius 2 is 1.75 bits per heavy atom. The van der Waals surface area contributed by atoms with Crippen molar-refractivity contribution in [3.8, 4) is 0 Å². The van der Waals surface area contributed by atoms with Gasteiger partial charge in [-0.05, 0) is 12.1 Å². The molecule has 0 aliphatic heterocycles. The Kier molecular flexibility index (Phi) is 4.47. The van der Waals surface area contributed by atoms with Crippen LogP contribution in [0.3, 0.4) is 0 Å². The fourth-order valence-corrected chi connectivity index (χ4v) is 0.508. The van der Waals surface area contributed by atoms with Gasteiger partial charge >= 0.3 is 29.6 Å². The van der Waals surface area contributed by atoms with Gasteiger partial charge in [0.1, 0.15) is 0 Å². The quantitative estimate of drug-likeness (QED) is 0.346. The summed E-state index contributed by atoms with van der Waals surface area (Å²) in [6, 6.07) is 3.69. The van der Waals surface area contributed by atoms with Crippen molar-refractivity contribution in [3.63, 3.8) is 0 Å². The zero-order valence-electron chi connectivity index (χ0n) is 4.72. The zero-order valence-corrected chi connectivity index (χ0v) is 7.53. The minimum atomic E-state index is 0. The molecule has 1 heterocycles. The van der Waals surface area contributed by atoms with E-state index in [0.717, 1.165) is 4.51 Å². The van der Waals surface area contributed by atoms with Crippen LogP contribution in [0.5, 0.6) is 0 Å². The molecule has 0 amide bonds. The van der Waals surface area contributed by atoms with Gasteiger partial charge in [-0.25, -0.2) is 0 Å². The summed E-state index contributed by atoms with van der Waals surface area (Å²) in [4.78, 5) is 2.87. The van der Waals surface area contributed by atoms with E-state index in [1.165, 1.54) is 0 Å². The molecular formula is C5H5NNaS+. The summed E-state index contributed by atoms with van der Waals surface area (Å²) in [5, 5.41) is 0. The fraction of sp³-hybridized carbons (Fsp3) is 0. The molecule has 0 saturated heterocycles. The third kappa shape index (κ3) is 2.62. The second-order valence-electron chi connectivity index (χ2n) is 1.24. The van der Waals surface area contributed by atoms with Gasteiger partial charge in [-0.1, -0.05) is 12.2 Å². The van der Waals surface area contributed by atoms with E-state index in [2.05, 4.69) is 4.98 Å². The number of nitrogens with one attached hydrogen (secondary N) is 1. The molecule has 1 rings (SSSR count). The van der Waals surface area contributed by atoms with Crippen LogP contribution in [0.1, 0.15) is 0 Å². The van der Waals surface area contributed by atoms with E-state index < -0.39 is 0 Å². The standard InChI is InChI=1S/C5H5NS.Na/c7-5-1-3-6-4-2-5;/h1-4H,(H,6,7);/q;+1. The maximum atomic E-state index is 4.79. The minimum Gasteiger partial charge on any atom is -0.368 e. The number of hydrogen-bond acceptors (Lipinski definition) is 1. The Balaban J connectivity index is 0.000000490. The van der Waals surface area contributed by atoms with Gasteiger partial charge in [0, 0.05) is 16.9 Å². The van der Waals surface area contributed by atoms with Crippen LogP contribution in [0.2, 0.25) is 0 Å². The topological polar surface area (TPSA) is 15.8 Å². The van der Waals surface area contributed by atoms with Gasteiger partial charge in [-0.15, -0.1) is 0 Å². The minimum absolute atomic E-state index is 0. The van der Waals surface area contributed by atoms with Crippen LogP contribution in [-0.2, 0) is 0 Å². The molecule has 0 aromatic carbocycles. The van der Waals surface area contributed by atoms with Crippen molar-refractivity contribution in [1.29, 1.82) is 0 Å². The van der Waals surface area contributed by atoms with Crippen LogP contribution < -0.4 is 29.6 Å². The van der Waals surface area contributed by atoms with Crippen LogP contribution in [0, 0.1) is 4.51 Å². The second-order valence-corrected chi connectivity index (χ2v) is 1.71. The van der Waals surface area contributed by atoms with Gasteiger partial charge < -0.3 is 4.98 Å². The molecule has 3 heteroatoms. The van der Waals surface area contributed by atoms with Gasteiger partial charge in [0.15, 0.2) is 0 Å². The monoisotopic (exact) mass is 134 g/mol. The van der Waals surface area contributed by atoms with E-state index >= 15 is 0 Å². The third-order valence-corrected chi connectivity index (χ3v) is 0.960. The maximum Gasteiger partial charge on any atom is 1.00 e. The molecule has 0 bridgehead atoms. The van der Waals surface area contributed by atoms with E-state index in [9.17, 15) is 0 Å². The molecule has 36 valence electrons. The SMILES string of the molecule is S=c1cc[nH]cc1.[Na+]. The van der Waals surface area contributed by atoms with E-state index in [4.69, 9.17) is 12.2 Å². The summed E-state index contributed by atoms with van der Waals surface area (Å²) in [6.07, 6.45) is 3.62. The van der Waals surface area contributed by atoms with E-state index in [-0.39, 0.29) is 29.6 Å². The summed E-state index contributed by atoms with van der Waals surface area (Å²) < 4.78 is 0.874. The largest absolute Gasteiger partial charge is 1.00 e. The number of aromatic nitrogens is 1. The molecule has 0 atom stereocenters. The third-order valence-electron chi connectivity index (χ3n) is 0.688. The van der Waals surface area contributed by atoms with Gasteiger partial charge in [0.25, 0.3) is 0 Å². The Morgan fingerprint density at radius 3 is 2.00 bits per heavy atom. The smallest absolute Gasteiger partial charge is 0.368 e. The fourth-order valence-electron chi connectivity index (χ4n) is 0.372. The molecule has 0 radical (unpaired) electrons. The molecule has 8 heavy (non-hydrogen) atoms. The Morgan fingerprint density at radius 1 is 1.25 bits per heavy atom. The van der Waals surface area contributed by atoms with E-state index in [1.54, 1.807) is 0 Å². The predicted molar refractivity (Wildman–Crippen MR) is 31.6 cm³/mol. The Bertz CT molecular complexity index is 178. The van der Waals surface area contributed by atoms with Crippen LogP contribution in [0.4, 0.5) is 0 Å². The second kappa shape index (κ2) is 4.27. The average Bonchev–Trinajstić information content (AvgIpc) is 1.69. The van der Waals surface area contributed by atoms with Crippen molar-refractivity contribution >= 4 is 12.2 Å². The van der Waals surface area contributed by atoms with Crippen LogP contribution in [0.25, 0.3) is 0 Å².